The summed E-state index contributed by atoms with van der Waals surface area (Å²) in [6, 6.07) is 5.84. The molecule has 1 saturated heterocycles. The number of aliphatic carboxylic acids is 1. The molecule has 2 aliphatic rings. The van der Waals surface area contributed by atoms with Gasteiger partial charge in [-0.15, -0.1) is 0 Å². The van der Waals surface area contributed by atoms with Crippen LogP contribution in [0, 0.1) is 5.92 Å². The molecule has 130 valence electrons. The second kappa shape index (κ2) is 5.98. The van der Waals surface area contributed by atoms with Gasteiger partial charge < -0.3 is 10.0 Å². The summed E-state index contributed by atoms with van der Waals surface area (Å²) in [4.78, 5) is 38.8. The monoisotopic (exact) mass is 341 g/mol. The van der Waals surface area contributed by atoms with Crippen LogP contribution in [0.25, 0.3) is 10.9 Å². The fourth-order valence-electron chi connectivity index (χ4n) is 4.31. The summed E-state index contributed by atoms with van der Waals surface area (Å²) in [6.45, 7) is 0. The first-order valence-corrected chi connectivity index (χ1v) is 8.61. The van der Waals surface area contributed by atoms with Gasteiger partial charge in [-0.3, -0.25) is 14.7 Å². The van der Waals surface area contributed by atoms with Crippen LogP contribution in [0.5, 0.6) is 0 Å². The van der Waals surface area contributed by atoms with Gasteiger partial charge in [0.1, 0.15) is 6.04 Å². The van der Waals surface area contributed by atoms with Crippen LogP contribution < -0.4 is 5.43 Å². The highest BCUT2D eigenvalue weighted by Gasteiger charge is 2.48. The van der Waals surface area contributed by atoms with Gasteiger partial charge in [0.15, 0.2) is 5.69 Å². The minimum absolute atomic E-state index is 0.116. The van der Waals surface area contributed by atoms with Crippen LogP contribution in [-0.4, -0.2) is 44.2 Å². The smallest absolute Gasteiger partial charge is 0.326 e. The third kappa shape index (κ3) is 2.50. The zero-order chi connectivity index (χ0) is 17.6. The van der Waals surface area contributed by atoms with E-state index in [2.05, 4.69) is 10.2 Å². The number of H-pyrrole nitrogens is 1. The summed E-state index contributed by atoms with van der Waals surface area (Å²) >= 11 is 0. The van der Waals surface area contributed by atoms with Crippen molar-refractivity contribution in [3.8, 4) is 0 Å². The molecule has 2 N–H and O–H groups in total. The topological polar surface area (TPSA) is 103 Å². The molecule has 1 aliphatic carbocycles. The first kappa shape index (κ1) is 15.8. The summed E-state index contributed by atoms with van der Waals surface area (Å²) in [5, 5.41) is 16.6. The lowest BCUT2D eigenvalue weighted by molar-refractivity contribution is -0.141. The van der Waals surface area contributed by atoms with Crippen molar-refractivity contribution in [1.29, 1.82) is 0 Å². The van der Waals surface area contributed by atoms with Gasteiger partial charge in [-0.1, -0.05) is 25.0 Å². The molecule has 1 saturated carbocycles. The van der Waals surface area contributed by atoms with Crippen LogP contribution in [0.2, 0.25) is 0 Å². The third-order valence-electron chi connectivity index (χ3n) is 5.49. The van der Waals surface area contributed by atoms with E-state index in [4.69, 9.17) is 0 Å². The predicted octanol–water partition coefficient (Wildman–Crippen LogP) is 1.78. The Labute approximate surface area is 143 Å². The number of carboxylic acid groups (broad SMARTS) is 1. The van der Waals surface area contributed by atoms with Crippen LogP contribution in [0.4, 0.5) is 0 Å². The van der Waals surface area contributed by atoms with Gasteiger partial charge in [0.05, 0.1) is 5.52 Å². The summed E-state index contributed by atoms with van der Waals surface area (Å²) in [5.41, 5.74) is -0.130. The number of nitrogens with one attached hydrogen (secondary N) is 1. The zero-order valence-electron chi connectivity index (χ0n) is 13.6. The molecule has 1 aliphatic heterocycles. The molecule has 1 amide bonds. The summed E-state index contributed by atoms with van der Waals surface area (Å²) < 4.78 is 0. The maximum Gasteiger partial charge on any atom is 0.326 e. The van der Waals surface area contributed by atoms with Crippen molar-refractivity contribution in [2.24, 2.45) is 5.92 Å². The number of rotatable bonds is 2. The van der Waals surface area contributed by atoms with E-state index in [1.807, 2.05) is 0 Å². The first-order valence-electron chi connectivity index (χ1n) is 8.61. The van der Waals surface area contributed by atoms with E-state index in [1.54, 1.807) is 24.3 Å². The number of hydrogen-bond acceptors (Lipinski definition) is 4. The minimum Gasteiger partial charge on any atom is -0.480 e. The molecular formula is C18H19N3O4. The van der Waals surface area contributed by atoms with E-state index in [1.165, 1.54) is 4.90 Å². The number of aromatic amines is 1. The predicted molar refractivity (Wildman–Crippen MR) is 90.3 cm³/mol. The summed E-state index contributed by atoms with van der Waals surface area (Å²) in [5.74, 6) is -1.40. The third-order valence-corrected chi connectivity index (χ3v) is 5.49. The van der Waals surface area contributed by atoms with E-state index < -0.39 is 23.3 Å². The first-order chi connectivity index (χ1) is 12.1. The maximum absolute atomic E-state index is 13.1. The van der Waals surface area contributed by atoms with Crippen molar-refractivity contribution in [3.05, 3.63) is 40.2 Å². The fraction of sp³-hybridized carbons (Fsp3) is 0.444. The number of amides is 1. The largest absolute Gasteiger partial charge is 0.480 e. The Bertz CT molecular complexity index is 907. The Morgan fingerprint density at radius 2 is 1.96 bits per heavy atom. The summed E-state index contributed by atoms with van der Waals surface area (Å²) in [7, 11) is 0. The number of carboxylic acids is 1. The van der Waals surface area contributed by atoms with Gasteiger partial charge in [-0.05, 0) is 37.3 Å². The Balaban J connectivity index is 1.77. The Hall–Kier alpha value is -2.70. The Morgan fingerprint density at radius 3 is 2.76 bits per heavy atom. The molecule has 2 fully saturated rings. The van der Waals surface area contributed by atoms with Crippen LogP contribution in [0.1, 0.15) is 42.6 Å². The van der Waals surface area contributed by atoms with Crippen molar-refractivity contribution in [3.63, 3.8) is 0 Å². The molecule has 4 rings (SSSR count). The van der Waals surface area contributed by atoms with Gasteiger partial charge in [0.2, 0.25) is 5.43 Å². The van der Waals surface area contributed by atoms with Crippen LogP contribution in [0.15, 0.2) is 29.1 Å². The highest BCUT2D eigenvalue weighted by Crippen LogP contribution is 2.40. The maximum atomic E-state index is 13.1. The number of fused-ring (bicyclic) bond motifs is 2. The lowest BCUT2D eigenvalue weighted by Crippen LogP contribution is -2.47. The number of benzene rings is 1. The normalized spacial score (nSPS) is 25.8. The van der Waals surface area contributed by atoms with E-state index in [0.29, 0.717) is 17.3 Å². The molecule has 0 bridgehead atoms. The van der Waals surface area contributed by atoms with Crippen molar-refractivity contribution >= 4 is 22.8 Å². The van der Waals surface area contributed by atoms with E-state index in [0.717, 1.165) is 25.7 Å². The molecular weight excluding hydrogens is 322 g/mol. The lowest BCUT2D eigenvalue weighted by Gasteiger charge is -2.32. The SMILES string of the molecule is O=C(O)[C@@H]1C[C@@H]2CCCC[C@@H]2N1C(=O)c1n[nH]c2ccccc2c1=O. The van der Waals surface area contributed by atoms with Crippen LogP contribution in [0.3, 0.4) is 0 Å². The number of hydrogen-bond donors (Lipinski definition) is 2. The second-order valence-corrected chi connectivity index (χ2v) is 6.86. The standard InChI is InChI=1S/C18H19N3O4/c22-16-11-6-2-3-7-12(11)19-20-15(16)17(23)21-13-8-4-1-5-10(13)9-14(21)18(24)25/h2-3,6-7,10,13-14H,1,4-5,8-9H2,(H,19,22)(H,24,25)/t10-,13-,14-/m0/s1. The quantitative estimate of drug-likeness (QED) is 0.866. The molecule has 1 aromatic heterocycles. The lowest BCUT2D eigenvalue weighted by atomic mass is 9.84. The zero-order valence-corrected chi connectivity index (χ0v) is 13.6. The van der Waals surface area contributed by atoms with Gasteiger partial charge in [-0.25, -0.2) is 4.79 Å². The molecule has 2 aromatic rings. The molecule has 2 heterocycles. The molecule has 0 radical (unpaired) electrons. The average molecular weight is 341 g/mol. The Morgan fingerprint density at radius 1 is 1.20 bits per heavy atom. The van der Waals surface area contributed by atoms with Crippen molar-refractivity contribution in [1.82, 2.24) is 15.1 Å². The second-order valence-electron chi connectivity index (χ2n) is 6.86. The van der Waals surface area contributed by atoms with Crippen molar-refractivity contribution < 1.29 is 14.7 Å². The number of aromatic nitrogens is 2. The number of nitrogens with zero attached hydrogens (tertiary/aromatic N) is 2. The van der Waals surface area contributed by atoms with Crippen molar-refractivity contribution in [2.75, 3.05) is 0 Å². The molecule has 25 heavy (non-hydrogen) atoms. The fourth-order valence-corrected chi connectivity index (χ4v) is 4.31. The van der Waals surface area contributed by atoms with Crippen LogP contribution in [-0.2, 0) is 4.79 Å². The average Bonchev–Trinajstić information content (AvgIpc) is 3.01. The van der Waals surface area contributed by atoms with E-state index in [-0.39, 0.29) is 17.7 Å². The molecule has 7 nitrogen and oxygen atoms in total. The molecule has 3 atom stereocenters. The highest BCUT2D eigenvalue weighted by atomic mass is 16.4. The van der Waals surface area contributed by atoms with E-state index >= 15 is 0 Å². The molecule has 1 aromatic carbocycles. The van der Waals surface area contributed by atoms with Crippen LogP contribution >= 0.6 is 0 Å². The number of carbonyl (C=O) groups excluding carboxylic acids is 1. The van der Waals surface area contributed by atoms with Gasteiger partial charge in [-0.2, -0.15) is 5.10 Å². The Kier molecular flexibility index (Phi) is 3.78. The molecule has 0 unspecified atom stereocenters. The number of carbonyl (C=O) groups is 2. The number of para-hydroxylation sites is 1. The highest BCUT2D eigenvalue weighted by molar-refractivity contribution is 5.97. The summed E-state index contributed by atoms with van der Waals surface area (Å²) in [6.07, 6.45) is 4.20. The van der Waals surface area contributed by atoms with Gasteiger partial charge >= 0.3 is 5.97 Å². The van der Waals surface area contributed by atoms with Gasteiger partial charge in [0.25, 0.3) is 5.91 Å². The number of likely N-dealkylation sites (tertiary alicyclic amines) is 1. The van der Waals surface area contributed by atoms with E-state index in [9.17, 15) is 19.5 Å². The van der Waals surface area contributed by atoms with Gasteiger partial charge in [0, 0.05) is 11.4 Å². The van der Waals surface area contributed by atoms with Crippen molar-refractivity contribution in [2.45, 2.75) is 44.2 Å². The minimum atomic E-state index is -1.01. The molecule has 7 heteroatoms. The molecule has 0 spiro atoms.